The summed E-state index contributed by atoms with van der Waals surface area (Å²) in [6.07, 6.45) is 2.38. The smallest absolute Gasteiger partial charge is 0.282 e. The van der Waals surface area contributed by atoms with E-state index in [1.165, 1.54) is 15.5 Å². The Morgan fingerprint density at radius 3 is 2.44 bits per heavy atom. The number of hydrogen-bond donors (Lipinski definition) is 0. The molecule has 2 fully saturated rings. The van der Waals surface area contributed by atoms with Crippen LogP contribution >= 0.6 is 0 Å². The number of ether oxygens (including phenoxy) is 1. The third-order valence-electron chi connectivity index (χ3n) is 3.52. The molecule has 2 rings (SSSR count). The van der Waals surface area contributed by atoms with Gasteiger partial charge in [0.15, 0.2) is 0 Å². The molecule has 0 aromatic heterocycles. The minimum atomic E-state index is -3.51. The molecule has 2 heterocycles. The number of rotatable bonds is 3. The van der Waals surface area contributed by atoms with Crippen molar-refractivity contribution in [1.29, 1.82) is 0 Å². The predicted molar refractivity (Wildman–Crippen MR) is 66.3 cm³/mol. The molecule has 0 spiro atoms. The third-order valence-corrected chi connectivity index (χ3v) is 5.56. The second-order valence-electron chi connectivity index (χ2n) is 4.75. The van der Waals surface area contributed by atoms with Gasteiger partial charge in [0.2, 0.25) is 0 Å². The molecule has 0 amide bonds. The number of nitrogens with zero attached hydrogens (tertiary/aromatic N) is 2. The topological polar surface area (TPSA) is 66.9 Å². The minimum absolute atomic E-state index is 0.0634. The molecule has 7 heteroatoms. The Kier molecular flexibility index (Phi) is 4.37. The first-order valence-corrected chi connectivity index (χ1v) is 7.78. The van der Waals surface area contributed by atoms with E-state index < -0.39 is 16.3 Å². The molecule has 0 aromatic carbocycles. The van der Waals surface area contributed by atoms with Crippen LogP contribution in [0.3, 0.4) is 0 Å². The van der Waals surface area contributed by atoms with Crippen LogP contribution in [0.2, 0.25) is 0 Å². The van der Waals surface area contributed by atoms with Gasteiger partial charge in [0.25, 0.3) is 10.2 Å². The Morgan fingerprint density at radius 2 is 1.83 bits per heavy atom. The molecule has 0 bridgehead atoms. The van der Waals surface area contributed by atoms with E-state index in [0.29, 0.717) is 39.3 Å². The van der Waals surface area contributed by atoms with E-state index in [0.717, 1.165) is 12.8 Å². The Hall–Kier alpha value is -0.500. The van der Waals surface area contributed by atoms with Crippen LogP contribution in [0.5, 0.6) is 0 Å². The van der Waals surface area contributed by atoms with Crippen molar-refractivity contribution in [3.8, 4) is 0 Å². The minimum Gasteiger partial charge on any atom is -0.379 e. The maximum atomic E-state index is 12.5. The van der Waals surface area contributed by atoms with E-state index >= 15 is 0 Å². The van der Waals surface area contributed by atoms with Gasteiger partial charge in [-0.1, -0.05) is 6.42 Å². The van der Waals surface area contributed by atoms with Crippen molar-refractivity contribution in [2.75, 3.05) is 32.8 Å². The van der Waals surface area contributed by atoms with Crippen LogP contribution in [0.15, 0.2) is 0 Å². The summed E-state index contributed by atoms with van der Waals surface area (Å²) in [5.74, 6) is -0.0634. The SMILES string of the molecule is CC(=O)C1CCCCN1S(=O)(=O)N1CCOCC1. The summed E-state index contributed by atoms with van der Waals surface area (Å²) >= 11 is 0. The Balaban J connectivity index is 2.18. The summed E-state index contributed by atoms with van der Waals surface area (Å²) in [6.45, 7) is 3.53. The summed E-state index contributed by atoms with van der Waals surface area (Å²) < 4.78 is 33.0. The molecule has 1 atom stereocenters. The van der Waals surface area contributed by atoms with Gasteiger partial charge in [0, 0.05) is 19.6 Å². The predicted octanol–water partition coefficient (Wildman–Crippen LogP) is 0.00690. The van der Waals surface area contributed by atoms with Crippen LogP contribution in [-0.2, 0) is 19.7 Å². The van der Waals surface area contributed by atoms with Gasteiger partial charge in [-0.15, -0.1) is 0 Å². The Bertz CT molecular complexity index is 403. The van der Waals surface area contributed by atoms with Gasteiger partial charge < -0.3 is 4.74 Å². The molecule has 0 aromatic rings. The lowest BCUT2D eigenvalue weighted by atomic mass is 10.0. The lowest BCUT2D eigenvalue weighted by Gasteiger charge is -2.37. The van der Waals surface area contributed by atoms with Crippen molar-refractivity contribution in [2.24, 2.45) is 0 Å². The maximum absolute atomic E-state index is 12.5. The van der Waals surface area contributed by atoms with Crippen molar-refractivity contribution in [1.82, 2.24) is 8.61 Å². The summed E-state index contributed by atoms with van der Waals surface area (Å²) in [5, 5.41) is 0. The quantitative estimate of drug-likeness (QED) is 0.728. The third kappa shape index (κ3) is 2.74. The fourth-order valence-electron chi connectivity index (χ4n) is 2.51. The highest BCUT2D eigenvalue weighted by Gasteiger charge is 2.38. The lowest BCUT2D eigenvalue weighted by Crippen LogP contribution is -2.55. The van der Waals surface area contributed by atoms with E-state index in [4.69, 9.17) is 4.74 Å². The molecule has 0 aliphatic carbocycles. The van der Waals surface area contributed by atoms with Crippen LogP contribution in [-0.4, -0.2) is 61.7 Å². The zero-order valence-corrected chi connectivity index (χ0v) is 11.5. The van der Waals surface area contributed by atoms with Gasteiger partial charge in [0.05, 0.1) is 19.3 Å². The molecule has 2 aliphatic heterocycles. The van der Waals surface area contributed by atoms with E-state index in [9.17, 15) is 13.2 Å². The van der Waals surface area contributed by atoms with Crippen LogP contribution in [0.25, 0.3) is 0 Å². The standard InChI is InChI=1S/C11H20N2O4S/c1-10(14)11-4-2-3-5-13(11)18(15,16)12-6-8-17-9-7-12/h11H,2-9H2,1H3. The van der Waals surface area contributed by atoms with Gasteiger partial charge in [-0.3, -0.25) is 4.79 Å². The first-order chi connectivity index (χ1) is 8.53. The lowest BCUT2D eigenvalue weighted by molar-refractivity contribution is -0.121. The van der Waals surface area contributed by atoms with Crippen LogP contribution in [0.1, 0.15) is 26.2 Å². The van der Waals surface area contributed by atoms with Gasteiger partial charge >= 0.3 is 0 Å². The number of carbonyl (C=O) groups is 1. The first-order valence-electron chi connectivity index (χ1n) is 6.38. The molecule has 0 saturated carbocycles. The summed E-state index contributed by atoms with van der Waals surface area (Å²) in [4.78, 5) is 11.6. The molecule has 18 heavy (non-hydrogen) atoms. The van der Waals surface area contributed by atoms with Crippen molar-refractivity contribution in [3.05, 3.63) is 0 Å². The largest absolute Gasteiger partial charge is 0.379 e. The first kappa shape index (κ1) is 13.9. The maximum Gasteiger partial charge on any atom is 0.282 e. The zero-order chi connectivity index (χ0) is 13.2. The molecule has 2 aliphatic rings. The number of piperidine rings is 1. The van der Waals surface area contributed by atoms with Crippen molar-refractivity contribution < 1.29 is 17.9 Å². The zero-order valence-electron chi connectivity index (χ0n) is 10.7. The normalized spacial score (nSPS) is 28.2. The molecule has 104 valence electrons. The average molecular weight is 276 g/mol. The molecule has 0 radical (unpaired) electrons. The van der Waals surface area contributed by atoms with Crippen LogP contribution in [0, 0.1) is 0 Å². The van der Waals surface area contributed by atoms with Crippen LogP contribution in [0.4, 0.5) is 0 Å². The molecule has 1 unspecified atom stereocenters. The Morgan fingerprint density at radius 1 is 1.17 bits per heavy atom. The highest BCUT2D eigenvalue weighted by atomic mass is 32.2. The highest BCUT2D eigenvalue weighted by Crippen LogP contribution is 2.23. The molecule has 0 N–H and O–H groups in total. The second-order valence-corrected chi connectivity index (χ2v) is 6.63. The number of carbonyl (C=O) groups excluding carboxylic acids is 1. The van der Waals surface area contributed by atoms with E-state index in [2.05, 4.69) is 0 Å². The second kappa shape index (κ2) is 5.64. The summed E-state index contributed by atoms with van der Waals surface area (Å²) in [7, 11) is -3.51. The number of hydrogen-bond acceptors (Lipinski definition) is 4. The molecular formula is C11H20N2O4S. The Labute approximate surface area is 108 Å². The summed E-state index contributed by atoms with van der Waals surface area (Å²) in [5.41, 5.74) is 0. The summed E-state index contributed by atoms with van der Waals surface area (Å²) in [6, 6.07) is -0.480. The highest BCUT2D eigenvalue weighted by molar-refractivity contribution is 7.86. The van der Waals surface area contributed by atoms with E-state index in [1.807, 2.05) is 0 Å². The molecule has 2 saturated heterocycles. The van der Waals surface area contributed by atoms with Gasteiger partial charge in [-0.25, -0.2) is 0 Å². The van der Waals surface area contributed by atoms with Gasteiger partial charge in [-0.05, 0) is 19.8 Å². The average Bonchev–Trinajstić information content (AvgIpc) is 2.39. The fraction of sp³-hybridized carbons (Fsp3) is 0.909. The monoisotopic (exact) mass is 276 g/mol. The van der Waals surface area contributed by atoms with E-state index in [1.54, 1.807) is 0 Å². The number of morpholine rings is 1. The van der Waals surface area contributed by atoms with Gasteiger partial charge in [-0.2, -0.15) is 17.0 Å². The fourth-order valence-corrected chi connectivity index (χ4v) is 4.36. The van der Waals surface area contributed by atoms with Gasteiger partial charge in [0.1, 0.15) is 5.78 Å². The van der Waals surface area contributed by atoms with Crippen molar-refractivity contribution >= 4 is 16.0 Å². The molecular weight excluding hydrogens is 256 g/mol. The number of ketones is 1. The van der Waals surface area contributed by atoms with Crippen LogP contribution < -0.4 is 0 Å². The number of Topliss-reactive ketones (excluding diaryl/α,β-unsaturated/α-hetero) is 1. The van der Waals surface area contributed by atoms with Crippen molar-refractivity contribution in [2.45, 2.75) is 32.2 Å². The molecule has 6 nitrogen and oxygen atoms in total. The van der Waals surface area contributed by atoms with Crippen molar-refractivity contribution in [3.63, 3.8) is 0 Å². The van der Waals surface area contributed by atoms with E-state index in [-0.39, 0.29) is 5.78 Å².